The Bertz CT molecular complexity index is 1340. The van der Waals surface area contributed by atoms with E-state index < -0.39 is 0 Å². The monoisotopic (exact) mass is 485 g/mol. The quantitative estimate of drug-likeness (QED) is 0.406. The van der Waals surface area contributed by atoms with Gasteiger partial charge in [-0.15, -0.1) is 0 Å². The number of para-hydroxylation sites is 2. The van der Waals surface area contributed by atoms with Crippen molar-refractivity contribution in [2.45, 2.75) is 13.3 Å². The fourth-order valence-corrected chi connectivity index (χ4v) is 4.75. The third-order valence-electron chi connectivity index (χ3n) is 6.54. The van der Waals surface area contributed by atoms with Gasteiger partial charge in [0.05, 0.1) is 28.1 Å². The molecule has 3 heterocycles. The van der Waals surface area contributed by atoms with E-state index in [4.69, 9.17) is 11.6 Å². The van der Waals surface area contributed by atoms with Crippen LogP contribution >= 0.6 is 11.6 Å². The third-order valence-corrected chi connectivity index (χ3v) is 6.78. The van der Waals surface area contributed by atoms with E-state index in [0.29, 0.717) is 16.3 Å². The first-order valence-corrected chi connectivity index (χ1v) is 12.3. The summed E-state index contributed by atoms with van der Waals surface area (Å²) in [5.74, 6) is -0.166. The molecule has 7 heteroatoms. The lowest BCUT2D eigenvalue weighted by Gasteiger charge is -2.37. The number of fused-ring (bicyclic) bond motifs is 1. The van der Waals surface area contributed by atoms with Crippen LogP contribution in [0.4, 0.5) is 11.4 Å². The van der Waals surface area contributed by atoms with Crippen LogP contribution in [0.3, 0.4) is 0 Å². The number of carbonyl (C=O) groups excluding carboxylic acids is 1. The molecule has 1 saturated heterocycles. The number of halogens is 1. The molecule has 35 heavy (non-hydrogen) atoms. The van der Waals surface area contributed by atoms with Crippen LogP contribution in [0.15, 0.2) is 73.1 Å². The number of anilines is 2. The van der Waals surface area contributed by atoms with Crippen molar-refractivity contribution in [2.75, 3.05) is 42.9 Å². The summed E-state index contributed by atoms with van der Waals surface area (Å²) in [7, 11) is 0. The second kappa shape index (κ2) is 10.4. The van der Waals surface area contributed by atoms with Crippen LogP contribution in [-0.2, 0) is 6.42 Å². The normalized spacial score (nSPS) is 14.3. The highest BCUT2D eigenvalue weighted by atomic mass is 35.5. The van der Waals surface area contributed by atoms with Gasteiger partial charge >= 0.3 is 0 Å². The maximum atomic E-state index is 13.3. The van der Waals surface area contributed by atoms with E-state index in [9.17, 15) is 4.79 Å². The number of aromatic nitrogens is 2. The Labute approximate surface area is 210 Å². The van der Waals surface area contributed by atoms with Crippen LogP contribution in [0, 0.1) is 6.92 Å². The number of rotatable bonds is 6. The Morgan fingerprint density at radius 1 is 1.00 bits per heavy atom. The van der Waals surface area contributed by atoms with Gasteiger partial charge in [0.15, 0.2) is 0 Å². The number of benzene rings is 2. The van der Waals surface area contributed by atoms with Crippen molar-refractivity contribution in [3.05, 3.63) is 94.9 Å². The highest BCUT2D eigenvalue weighted by Crippen LogP contribution is 2.28. The van der Waals surface area contributed by atoms with Gasteiger partial charge in [0.1, 0.15) is 0 Å². The van der Waals surface area contributed by atoms with Crippen molar-refractivity contribution in [1.82, 2.24) is 14.9 Å². The van der Waals surface area contributed by atoms with E-state index in [2.05, 4.69) is 43.3 Å². The predicted octanol–water partition coefficient (Wildman–Crippen LogP) is 5.21. The van der Waals surface area contributed by atoms with Gasteiger partial charge in [-0.1, -0.05) is 23.7 Å². The zero-order valence-corrected chi connectivity index (χ0v) is 20.5. The van der Waals surface area contributed by atoms with Crippen LogP contribution in [0.1, 0.15) is 21.6 Å². The number of piperazine rings is 1. The number of pyridine rings is 2. The molecule has 1 N–H and O–H groups in total. The summed E-state index contributed by atoms with van der Waals surface area (Å²) >= 11 is 6.15. The van der Waals surface area contributed by atoms with Crippen molar-refractivity contribution >= 4 is 39.8 Å². The second-order valence-electron chi connectivity index (χ2n) is 8.86. The highest BCUT2D eigenvalue weighted by molar-refractivity contribution is 6.31. The van der Waals surface area contributed by atoms with Crippen molar-refractivity contribution in [1.29, 1.82) is 0 Å². The Morgan fingerprint density at radius 3 is 2.57 bits per heavy atom. The molecule has 1 fully saturated rings. The number of amides is 1. The largest absolute Gasteiger partial charge is 0.367 e. The fraction of sp³-hybridized carbons (Fsp3) is 0.250. The van der Waals surface area contributed by atoms with E-state index in [-0.39, 0.29) is 5.91 Å². The van der Waals surface area contributed by atoms with E-state index >= 15 is 0 Å². The summed E-state index contributed by atoms with van der Waals surface area (Å²) in [5.41, 5.74) is 5.24. The van der Waals surface area contributed by atoms with Gasteiger partial charge in [-0.25, -0.2) is 0 Å². The lowest BCUT2D eigenvalue weighted by atomic mass is 10.1. The summed E-state index contributed by atoms with van der Waals surface area (Å²) in [6.07, 6.45) is 4.73. The molecule has 2 aromatic heterocycles. The fourth-order valence-electron chi connectivity index (χ4n) is 4.57. The van der Waals surface area contributed by atoms with Gasteiger partial charge in [0.2, 0.25) is 0 Å². The Hall–Kier alpha value is -3.48. The van der Waals surface area contributed by atoms with E-state index in [1.807, 2.05) is 61.8 Å². The predicted molar refractivity (Wildman–Crippen MR) is 142 cm³/mol. The number of hydrogen-bond donors (Lipinski definition) is 1. The number of nitrogens with one attached hydrogen (secondary N) is 1. The van der Waals surface area contributed by atoms with Crippen LogP contribution in [0.2, 0.25) is 5.02 Å². The third kappa shape index (κ3) is 5.45. The molecule has 4 aromatic rings. The van der Waals surface area contributed by atoms with Gasteiger partial charge in [-0.2, -0.15) is 0 Å². The molecular weight excluding hydrogens is 458 g/mol. The number of aryl methyl sites for hydroxylation is 1. The van der Waals surface area contributed by atoms with Gasteiger partial charge in [-0.05, 0) is 67.4 Å². The summed E-state index contributed by atoms with van der Waals surface area (Å²) in [6, 6.07) is 19.6. The Balaban J connectivity index is 1.26. The molecule has 178 valence electrons. The molecule has 0 radical (unpaired) electrons. The molecule has 1 aliphatic heterocycles. The zero-order valence-electron chi connectivity index (χ0n) is 19.7. The summed E-state index contributed by atoms with van der Waals surface area (Å²) in [5, 5.41) is 4.61. The van der Waals surface area contributed by atoms with Crippen LogP contribution in [-0.4, -0.2) is 53.5 Å². The maximum absolute atomic E-state index is 13.3. The van der Waals surface area contributed by atoms with Crippen molar-refractivity contribution in [3.8, 4) is 0 Å². The molecule has 1 amide bonds. The average molecular weight is 486 g/mol. The molecule has 0 saturated carbocycles. The maximum Gasteiger partial charge on any atom is 0.257 e. The molecule has 0 unspecified atom stereocenters. The molecule has 0 aliphatic carbocycles. The molecule has 0 spiro atoms. The molecule has 5 rings (SSSR count). The topological polar surface area (TPSA) is 61.4 Å². The lowest BCUT2D eigenvalue weighted by molar-refractivity contribution is 0.102. The van der Waals surface area contributed by atoms with Crippen LogP contribution in [0.5, 0.6) is 0 Å². The highest BCUT2D eigenvalue weighted by Gasteiger charge is 2.20. The van der Waals surface area contributed by atoms with Crippen molar-refractivity contribution in [3.63, 3.8) is 0 Å². The average Bonchev–Trinajstić information content (AvgIpc) is 2.88. The molecule has 1 aliphatic rings. The lowest BCUT2D eigenvalue weighted by Crippen LogP contribution is -2.47. The summed E-state index contributed by atoms with van der Waals surface area (Å²) in [4.78, 5) is 26.8. The minimum absolute atomic E-state index is 0.166. The van der Waals surface area contributed by atoms with E-state index in [0.717, 1.165) is 61.4 Å². The number of nitrogens with zero attached hydrogens (tertiary/aromatic N) is 4. The standard InChI is InChI=1S/C28H28ClN5O/c1-20-24(19-22-18-23(29)6-7-25(22)31-20)28(35)32-26-4-2-3-5-27(26)34-16-14-33(15-17-34)13-10-21-8-11-30-12-9-21/h2-9,11-12,18-19H,10,13-17H2,1H3,(H,32,35). The van der Waals surface area contributed by atoms with Crippen LogP contribution in [0.25, 0.3) is 10.9 Å². The van der Waals surface area contributed by atoms with E-state index in [1.54, 1.807) is 0 Å². The molecule has 6 nitrogen and oxygen atoms in total. The summed E-state index contributed by atoms with van der Waals surface area (Å²) in [6.45, 7) is 6.70. The Morgan fingerprint density at radius 2 is 1.77 bits per heavy atom. The first-order chi connectivity index (χ1) is 17.1. The second-order valence-corrected chi connectivity index (χ2v) is 9.30. The molecule has 2 aromatic carbocycles. The first kappa shape index (κ1) is 23.3. The van der Waals surface area contributed by atoms with Crippen molar-refractivity contribution < 1.29 is 4.79 Å². The van der Waals surface area contributed by atoms with Gasteiger partial charge in [0.25, 0.3) is 5.91 Å². The minimum atomic E-state index is -0.166. The molecule has 0 atom stereocenters. The number of hydrogen-bond acceptors (Lipinski definition) is 5. The summed E-state index contributed by atoms with van der Waals surface area (Å²) < 4.78 is 0. The number of carbonyl (C=O) groups is 1. The minimum Gasteiger partial charge on any atom is -0.367 e. The van der Waals surface area contributed by atoms with E-state index in [1.165, 1.54) is 5.56 Å². The Kier molecular flexibility index (Phi) is 6.93. The smallest absolute Gasteiger partial charge is 0.257 e. The van der Waals surface area contributed by atoms with Crippen molar-refractivity contribution in [2.24, 2.45) is 0 Å². The van der Waals surface area contributed by atoms with Crippen LogP contribution < -0.4 is 10.2 Å². The molecule has 0 bridgehead atoms. The molecular formula is C28H28ClN5O. The van der Waals surface area contributed by atoms with Gasteiger partial charge < -0.3 is 10.2 Å². The first-order valence-electron chi connectivity index (χ1n) is 11.9. The van der Waals surface area contributed by atoms with Gasteiger partial charge in [-0.3, -0.25) is 19.7 Å². The van der Waals surface area contributed by atoms with Gasteiger partial charge in [0, 0.05) is 55.5 Å². The zero-order chi connectivity index (χ0) is 24.2. The SMILES string of the molecule is Cc1nc2ccc(Cl)cc2cc1C(=O)Nc1ccccc1N1CCN(CCc2ccncc2)CC1.